The molecule has 0 fully saturated rings. The maximum absolute atomic E-state index is 8.55. The van der Waals surface area contributed by atoms with E-state index in [-0.39, 0.29) is 6.61 Å². The van der Waals surface area contributed by atoms with Gasteiger partial charge in [0.15, 0.2) is 0 Å². The summed E-state index contributed by atoms with van der Waals surface area (Å²) >= 11 is 0. The van der Waals surface area contributed by atoms with Crippen LogP contribution in [0.1, 0.15) is 73.1 Å². The smallest absolute Gasteiger partial charge is 0.0614 e. The first-order valence-corrected chi connectivity index (χ1v) is 8.06. The van der Waals surface area contributed by atoms with Gasteiger partial charge in [0.2, 0.25) is 0 Å². The van der Waals surface area contributed by atoms with Crippen molar-refractivity contribution in [3.63, 3.8) is 0 Å². The average molecular weight is 284 g/mol. The first-order valence-electron chi connectivity index (χ1n) is 8.06. The Kier molecular flexibility index (Phi) is 20.0. The Morgan fingerprint density at radius 2 is 1.50 bits per heavy atom. The summed E-state index contributed by atoms with van der Waals surface area (Å²) in [5.41, 5.74) is 2.63. The van der Waals surface area contributed by atoms with E-state index in [9.17, 15) is 0 Å². The van der Waals surface area contributed by atoms with E-state index in [4.69, 9.17) is 9.84 Å². The highest BCUT2D eigenvalue weighted by atomic mass is 16.5. The van der Waals surface area contributed by atoms with Gasteiger partial charge in [0, 0.05) is 13.2 Å². The van der Waals surface area contributed by atoms with Crippen LogP contribution in [-0.2, 0) is 4.74 Å². The summed E-state index contributed by atoms with van der Waals surface area (Å²) in [6, 6.07) is 0. The first-order chi connectivity index (χ1) is 9.58. The normalized spacial score (nSPS) is 10.8. The van der Waals surface area contributed by atoms with Gasteiger partial charge in [0.05, 0.1) is 6.61 Å². The van der Waals surface area contributed by atoms with Crippen molar-refractivity contribution in [2.45, 2.75) is 73.1 Å². The minimum absolute atomic E-state index is 0.167. The molecule has 2 nitrogen and oxygen atoms in total. The average Bonchev–Trinajstić information content (AvgIpc) is 2.39. The molecular weight excluding hydrogens is 248 g/mol. The van der Waals surface area contributed by atoms with Gasteiger partial charge in [-0.2, -0.15) is 0 Å². The maximum Gasteiger partial charge on any atom is 0.0614 e. The molecule has 0 amide bonds. The van der Waals surface area contributed by atoms with Crippen LogP contribution in [0.3, 0.4) is 0 Å². The van der Waals surface area contributed by atoms with Crippen molar-refractivity contribution < 1.29 is 9.84 Å². The molecule has 0 saturated heterocycles. The van der Waals surface area contributed by atoms with E-state index in [2.05, 4.69) is 40.7 Å². The molecule has 0 radical (unpaired) electrons. The zero-order valence-corrected chi connectivity index (χ0v) is 14.4. The highest BCUT2D eigenvalue weighted by Crippen LogP contribution is 2.05. The third-order valence-corrected chi connectivity index (χ3v) is 2.82. The summed E-state index contributed by atoms with van der Waals surface area (Å²) in [5.74, 6) is 0. The molecule has 0 heterocycles. The molecule has 0 aromatic heterocycles. The Labute approximate surface area is 126 Å². The number of aliphatic hydroxyl groups excluding tert-OH is 1. The Morgan fingerprint density at radius 3 is 1.90 bits per heavy atom. The van der Waals surface area contributed by atoms with Crippen LogP contribution in [0.5, 0.6) is 0 Å². The van der Waals surface area contributed by atoms with E-state index in [1.807, 2.05) is 6.08 Å². The van der Waals surface area contributed by atoms with Crippen molar-refractivity contribution in [1.29, 1.82) is 0 Å². The predicted molar refractivity (Wildman–Crippen MR) is 90.1 cm³/mol. The molecule has 0 aliphatic carbocycles. The maximum atomic E-state index is 8.55. The van der Waals surface area contributed by atoms with Crippen LogP contribution >= 0.6 is 0 Å². The highest BCUT2D eigenvalue weighted by Gasteiger charge is 1.86. The number of unbranched alkanes of at least 4 members (excludes halogenated alkanes) is 2. The fraction of sp³-hybridized carbons (Fsp3) is 0.778. The van der Waals surface area contributed by atoms with Crippen LogP contribution in [0, 0.1) is 0 Å². The molecule has 0 aliphatic heterocycles. The zero-order valence-electron chi connectivity index (χ0n) is 14.4. The lowest BCUT2D eigenvalue weighted by Gasteiger charge is -1.99. The molecular formula is C18H36O2. The number of ether oxygens (including phenoxy) is 1. The Bertz CT molecular complexity index is 232. The number of aliphatic hydroxyl groups is 1. The van der Waals surface area contributed by atoms with Crippen LogP contribution in [0.2, 0.25) is 0 Å². The Morgan fingerprint density at radius 1 is 0.950 bits per heavy atom. The van der Waals surface area contributed by atoms with Gasteiger partial charge < -0.3 is 9.84 Å². The van der Waals surface area contributed by atoms with Crippen LogP contribution in [0.15, 0.2) is 23.3 Å². The molecule has 0 atom stereocenters. The third-order valence-electron chi connectivity index (χ3n) is 2.82. The highest BCUT2D eigenvalue weighted by molar-refractivity contribution is 5.01. The molecule has 0 aromatic rings. The monoisotopic (exact) mass is 284 g/mol. The van der Waals surface area contributed by atoms with Gasteiger partial charge in [0.25, 0.3) is 0 Å². The Hall–Kier alpha value is -0.600. The van der Waals surface area contributed by atoms with Crippen LogP contribution in [-0.4, -0.2) is 24.9 Å². The second-order valence-electron chi connectivity index (χ2n) is 5.37. The van der Waals surface area contributed by atoms with E-state index < -0.39 is 0 Å². The van der Waals surface area contributed by atoms with Crippen LogP contribution in [0.25, 0.3) is 0 Å². The third kappa shape index (κ3) is 22.6. The van der Waals surface area contributed by atoms with Crippen LogP contribution < -0.4 is 0 Å². The SMILES string of the molecule is CC(C)=CCCC(C)=CCO.CCCCOCCCC. The topological polar surface area (TPSA) is 29.5 Å². The van der Waals surface area contributed by atoms with Gasteiger partial charge in [-0.25, -0.2) is 0 Å². The fourth-order valence-electron chi connectivity index (χ4n) is 1.44. The molecule has 0 aliphatic rings. The van der Waals surface area contributed by atoms with Gasteiger partial charge in [-0.1, -0.05) is 50.0 Å². The molecule has 1 N–H and O–H groups in total. The molecule has 0 rings (SSSR count). The van der Waals surface area contributed by atoms with Gasteiger partial charge in [0.1, 0.15) is 0 Å². The van der Waals surface area contributed by atoms with Crippen LogP contribution in [0.4, 0.5) is 0 Å². The summed E-state index contributed by atoms with van der Waals surface area (Å²) in [5, 5.41) is 8.55. The van der Waals surface area contributed by atoms with Gasteiger partial charge >= 0.3 is 0 Å². The largest absolute Gasteiger partial charge is 0.392 e. The van der Waals surface area contributed by atoms with Crippen molar-refractivity contribution in [1.82, 2.24) is 0 Å². The summed E-state index contributed by atoms with van der Waals surface area (Å²) in [6.45, 7) is 12.7. The van der Waals surface area contributed by atoms with Gasteiger partial charge in [-0.3, -0.25) is 0 Å². The summed E-state index contributed by atoms with van der Waals surface area (Å²) in [4.78, 5) is 0. The molecule has 120 valence electrons. The molecule has 0 aromatic carbocycles. The summed E-state index contributed by atoms with van der Waals surface area (Å²) < 4.78 is 5.31. The van der Waals surface area contributed by atoms with Crippen molar-refractivity contribution in [2.75, 3.05) is 19.8 Å². The van der Waals surface area contributed by atoms with Crippen molar-refractivity contribution >= 4 is 0 Å². The van der Waals surface area contributed by atoms with E-state index >= 15 is 0 Å². The second-order valence-corrected chi connectivity index (χ2v) is 5.37. The number of hydrogen-bond donors (Lipinski definition) is 1. The minimum atomic E-state index is 0.167. The van der Waals surface area contributed by atoms with E-state index in [0.29, 0.717) is 0 Å². The lowest BCUT2D eigenvalue weighted by molar-refractivity contribution is 0.128. The second kappa shape index (κ2) is 18.4. The minimum Gasteiger partial charge on any atom is -0.392 e. The molecule has 20 heavy (non-hydrogen) atoms. The predicted octanol–water partition coefficient (Wildman–Crippen LogP) is 5.27. The summed E-state index contributed by atoms with van der Waals surface area (Å²) in [6.07, 6.45) is 11.1. The van der Waals surface area contributed by atoms with Crippen molar-refractivity contribution in [3.05, 3.63) is 23.3 Å². The fourth-order valence-corrected chi connectivity index (χ4v) is 1.44. The summed E-state index contributed by atoms with van der Waals surface area (Å²) in [7, 11) is 0. The number of allylic oxidation sites excluding steroid dienone is 3. The zero-order chi connectivity index (χ0) is 15.6. The lowest BCUT2D eigenvalue weighted by atomic mass is 10.1. The van der Waals surface area contributed by atoms with Gasteiger partial charge in [-0.15, -0.1) is 0 Å². The Balaban J connectivity index is 0. The lowest BCUT2D eigenvalue weighted by Crippen LogP contribution is -1.95. The molecule has 0 unspecified atom stereocenters. The molecule has 0 bridgehead atoms. The standard InChI is InChI=1S/C10H18O.C8H18O/c1-9(2)5-4-6-10(3)7-8-11;1-3-5-7-9-8-6-4-2/h5,7,11H,4,6,8H2,1-3H3;3-8H2,1-2H3. The van der Waals surface area contributed by atoms with E-state index in [1.165, 1.54) is 36.8 Å². The number of hydrogen-bond acceptors (Lipinski definition) is 2. The van der Waals surface area contributed by atoms with Crippen molar-refractivity contribution in [2.24, 2.45) is 0 Å². The molecule has 0 spiro atoms. The number of rotatable bonds is 10. The molecule has 2 heteroatoms. The van der Waals surface area contributed by atoms with Crippen molar-refractivity contribution in [3.8, 4) is 0 Å². The first kappa shape index (κ1) is 21.7. The quantitative estimate of drug-likeness (QED) is 0.437. The molecule has 0 saturated carbocycles. The van der Waals surface area contributed by atoms with Gasteiger partial charge in [-0.05, 0) is 46.5 Å². The van der Waals surface area contributed by atoms with E-state index in [0.717, 1.165) is 26.1 Å². The van der Waals surface area contributed by atoms with E-state index in [1.54, 1.807) is 0 Å².